The molecular weight excluding hydrogens is 161 g/mol. The maximum absolute atomic E-state index is 13.1. The van der Waals surface area contributed by atoms with Gasteiger partial charge in [0.05, 0.1) is 5.69 Å². The molecular formula is C7H10FN3O. The number of amides is 1. The molecule has 0 aliphatic heterocycles. The van der Waals surface area contributed by atoms with Crippen molar-refractivity contribution >= 4 is 5.91 Å². The fraction of sp³-hybridized carbons (Fsp3) is 0.429. The minimum absolute atomic E-state index is 0.144. The van der Waals surface area contributed by atoms with E-state index >= 15 is 0 Å². The zero-order valence-corrected chi connectivity index (χ0v) is 6.97. The minimum Gasteiger partial charge on any atom is -0.364 e. The van der Waals surface area contributed by atoms with Crippen molar-refractivity contribution in [3.8, 4) is 0 Å². The molecule has 0 aromatic carbocycles. The highest BCUT2D eigenvalue weighted by Gasteiger charge is 2.18. The summed E-state index contributed by atoms with van der Waals surface area (Å²) in [6.45, 7) is 3.69. The summed E-state index contributed by atoms with van der Waals surface area (Å²) in [4.78, 5) is 10.7. The van der Waals surface area contributed by atoms with Crippen molar-refractivity contribution in [2.75, 3.05) is 0 Å². The zero-order chi connectivity index (χ0) is 9.30. The van der Waals surface area contributed by atoms with Gasteiger partial charge < -0.3 is 5.73 Å². The summed E-state index contributed by atoms with van der Waals surface area (Å²) < 4.78 is 14.3. The van der Waals surface area contributed by atoms with Crippen molar-refractivity contribution in [3.63, 3.8) is 0 Å². The van der Waals surface area contributed by atoms with Crippen molar-refractivity contribution in [1.29, 1.82) is 0 Å². The highest BCUT2D eigenvalue weighted by atomic mass is 19.1. The normalized spacial score (nSPS) is 10.2. The Morgan fingerprint density at radius 2 is 2.33 bits per heavy atom. The average Bonchev–Trinajstić information content (AvgIpc) is 2.28. The van der Waals surface area contributed by atoms with Crippen LogP contribution >= 0.6 is 0 Å². The summed E-state index contributed by atoms with van der Waals surface area (Å²) in [7, 11) is 0. The summed E-state index contributed by atoms with van der Waals surface area (Å²) in [5.74, 6) is -1.40. The van der Waals surface area contributed by atoms with Gasteiger partial charge in [-0.25, -0.2) is 4.39 Å². The SMILES string of the molecule is CCn1nc(C)c(F)c1C(N)=O. The fourth-order valence-corrected chi connectivity index (χ4v) is 1.02. The molecule has 0 fully saturated rings. The van der Waals surface area contributed by atoms with E-state index in [9.17, 15) is 9.18 Å². The number of hydrogen-bond donors (Lipinski definition) is 1. The number of nitrogens with two attached hydrogens (primary N) is 1. The van der Waals surface area contributed by atoms with E-state index in [4.69, 9.17) is 5.73 Å². The number of carbonyl (C=O) groups excluding carboxylic acids is 1. The Bertz CT molecular complexity index is 319. The number of aryl methyl sites for hydroxylation is 2. The molecule has 1 heterocycles. The lowest BCUT2D eigenvalue weighted by atomic mass is 10.3. The maximum atomic E-state index is 13.1. The number of halogens is 1. The molecule has 0 saturated carbocycles. The molecule has 1 aromatic rings. The van der Waals surface area contributed by atoms with Gasteiger partial charge in [-0.3, -0.25) is 9.48 Å². The van der Waals surface area contributed by atoms with E-state index in [0.717, 1.165) is 0 Å². The van der Waals surface area contributed by atoms with Crippen molar-refractivity contribution in [2.24, 2.45) is 5.73 Å². The lowest BCUT2D eigenvalue weighted by molar-refractivity contribution is 0.0986. The largest absolute Gasteiger partial charge is 0.364 e. The Kier molecular flexibility index (Phi) is 2.12. The van der Waals surface area contributed by atoms with Crippen LogP contribution in [0.3, 0.4) is 0 Å². The second-order valence-corrected chi connectivity index (χ2v) is 2.43. The second kappa shape index (κ2) is 2.92. The Hall–Kier alpha value is -1.39. The van der Waals surface area contributed by atoms with Gasteiger partial charge >= 0.3 is 0 Å². The van der Waals surface area contributed by atoms with Crippen molar-refractivity contribution in [2.45, 2.75) is 20.4 Å². The van der Waals surface area contributed by atoms with E-state index in [2.05, 4.69) is 5.10 Å². The van der Waals surface area contributed by atoms with E-state index in [1.54, 1.807) is 6.92 Å². The first-order valence-corrected chi connectivity index (χ1v) is 3.60. The van der Waals surface area contributed by atoms with Gasteiger partial charge in [-0.15, -0.1) is 0 Å². The number of carbonyl (C=O) groups is 1. The Morgan fingerprint density at radius 1 is 1.75 bits per heavy atom. The molecule has 66 valence electrons. The average molecular weight is 171 g/mol. The van der Waals surface area contributed by atoms with Crippen LogP contribution in [0.1, 0.15) is 23.1 Å². The fourth-order valence-electron chi connectivity index (χ4n) is 1.02. The van der Waals surface area contributed by atoms with Crippen LogP contribution in [0.5, 0.6) is 0 Å². The highest BCUT2D eigenvalue weighted by Crippen LogP contribution is 2.10. The van der Waals surface area contributed by atoms with Crippen LogP contribution in [0.2, 0.25) is 0 Å². The van der Waals surface area contributed by atoms with Gasteiger partial charge in [0.15, 0.2) is 11.5 Å². The number of aromatic nitrogens is 2. The third-order valence-corrected chi connectivity index (χ3v) is 1.59. The van der Waals surface area contributed by atoms with Gasteiger partial charge in [-0.2, -0.15) is 5.10 Å². The molecule has 0 bridgehead atoms. The quantitative estimate of drug-likeness (QED) is 0.702. The van der Waals surface area contributed by atoms with E-state index in [0.29, 0.717) is 6.54 Å². The van der Waals surface area contributed by atoms with Crippen LogP contribution < -0.4 is 5.73 Å². The van der Waals surface area contributed by atoms with Gasteiger partial charge in [0.25, 0.3) is 5.91 Å². The lowest BCUT2D eigenvalue weighted by Gasteiger charge is -1.98. The second-order valence-electron chi connectivity index (χ2n) is 2.43. The number of primary amides is 1. The monoisotopic (exact) mass is 171 g/mol. The van der Waals surface area contributed by atoms with Gasteiger partial charge in [0, 0.05) is 6.54 Å². The molecule has 2 N–H and O–H groups in total. The predicted octanol–water partition coefficient (Wildman–Crippen LogP) is 0.449. The number of nitrogens with zero attached hydrogens (tertiary/aromatic N) is 2. The first-order chi connectivity index (χ1) is 5.57. The molecule has 0 atom stereocenters. The third-order valence-electron chi connectivity index (χ3n) is 1.59. The standard InChI is InChI=1S/C7H10FN3O/c1-3-11-6(7(9)12)5(8)4(2)10-11/h3H2,1-2H3,(H2,9,12). The van der Waals surface area contributed by atoms with Crippen LogP contribution in [-0.2, 0) is 6.54 Å². The molecule has 1 rings (SSSR count). The van der Waals surface area contributed by atoms with Gasteiger partial charge in [-0.05, 0) is 13.8 Å². The maximum Gasteiger partial charge on any atom is 0.270 e. The summed E-state index contributed by atoms with van der Waals surface area (Å²) in [5, 5.41) is 3.79. The van der Waals surface area contributed by atoms with Crippen LogP contribution in [0.15, 0.2) is 0 Å². The predicted molar refractivity (Wildman–Crippen MR) is 41.1 cm³/mol. The van der Waals surface area contributed by atoms with E-state index in [1.165, 1.54) is 11.6 Å². The van der Waals surface area contributed by atoms with Crippen molar-refractivity contribution in [1.82, 2.24) is 9.78 Å². The van der Waals surface area contributed by atoms with Gasteiger partial charge in [-0.1, -0.05) is 0 Å². The van der Waals surface area contributed by atoms with Gasteiger partial charge in [0.1, 0.15) is 0 Å². The van der Waals surface area contributed by atoms with E-state index in [-0.39, 0.29) is 11.4 Å². The molecule has 0 saturated heterocycles. The summed E-state index contributed by atoms with van der Waals surface area (Å²) in [6.07, 6.45) is 0. The molecule has 1 amide bonds. The van der Waals surface area contributed by atoms with E-state index in [1.807, 2.05) is 0 Å². The van der Waals surface area contributed by atoms with Crippen LogP contribution in [0.25, 0.3) is 0 Å². The topological polar surface area (TPSA) is 60.9 Å². The molecule has 0 aliphatic carbocycles. The van der Waals surface area contributed by atoms with Crippen LogP contribution in [0, 0.1) is 12.7 Å². The Morgan fingerprint density at radius 3 is 2.67 bits per heavy atom. The van der Waals surface area contributed by atoms with Crippen molar-refractivity contribution in [3.05, 3.63) is 17.2 Å². The van der Waals surface area contributed by atoms with Gasteiger partial charge in [0.2, 0.25) is 0 Å². The molecule has 1 aromatic heterocycles. The Balaban J connectivity index is 3.31. The lowest BCUT2D eigenvalue weighted by Crippen LogP contribution is -2.18. The van der Waals surface area contributed by atoms with Crippen molar-refractivity contribution < 1.29 is 9.18 Å². The Labute approximate surface area is 69.2 Å². The minimum atomic E-state index is -0.782. The first kappa shape index (κ1) is 8.70. The summed E-state index contributed by atoms with van der Waals surface area (Å²) in [5.41, 5.74) is 5.02. The number of rotatable bonds is 2. The molecule has 5 heteroatoms. The number of hydrogen-bond acceptors (Lipinski definition) is 2. The molecule has 4 nitrogen and oxygen atoms in total. The van der Waals surface area contributed by atoms with Crippen LogP contribution in [0.4, 0.5) is 4.39 Å². The third kappa shape index (κ3) is 1.17. The molecule has 0 aliphatic rings. The molecule has 0 radical (unpaired) electrons. The first-order valence-electron chi connectivity index (χ1n) is 3.60. The molecule has 0 spiro atoms. The smallest absolute Gasteiger partial charge is 0.270 e. The zero-order valence-electron chi connectivity index (χ0n) is 6.97. The summed E-state index contributed by atoms with van der Waals surface area (Å²) in [6, 6.07) is 0. The molecule has 0 unspecified atom stereocenters. The summed E-state index contributed by atoms with van der Waals surface area (Å²) >= 11 is 0. The molecule has 12 heavy (non-hydrogen) atoms. The highest BCUT2D eigenvalue weighted by molar-refractivity contribution is 5.91. The van der Waals surface area contributed by atoms with E-state index < -0.39 is 11.7 Å². The van der Waals surface area contributed by atoms with Crippen LogP contribution in [-0.4, -0.2) is 15.7 Å².